The summed E-state index contributed by atoms with van der Waals surface area (Å²) in [6.07, 6.45) is 5.24. The zero-order valence-corrected chi connectivity index (χ0v) is 18.2. The fraction of sp³-hybridized carbons (Fsp3) is 0.417. The maximum absolute atomic E-state index is 12.1. The molecule has 32 heavy (non-hydrogen) atoms. The molecule has 8 heteroatoms. The molecule has 3 aromatic rings. The van der Waals surface area contributed by atoms with Gasteiger partial charge in [-0.3, -0.25) is 9.59 Å². The van der Waals surface area contributed by atoms with Gasteiger partial charge in [0, 0.05) is 6.42 Å². The maximum atomic E-state index is 12.1. The van der Waals surface area contributed by atoms with Crippen molar-refractivity contribution >= 4 is 23.2 Å². The van der Waals surface area contributed by atoms with E-state index in [1.807, 2.05) is 42.5 Å². The number of rotatable bonds is 9. The van der Waals surface area contributed by atoms with Crippen LogP contribution in [0.15, 0.2) is 48.8 Å². The van der Waals surface area contributed by atoms with Crippen LogP contribution >= 0.6 is 0 Å². The largest absolute Gasteiger partial charge is 0.463 e. The minimum atomic E-state index is -0.257. The van der Waals surface area contributed by atoms with Gasteiger partial charge < -0.3 is 14.8 Å². The SMILES string of the molecule is CCCCC(=O)Nc1ncnn2c(C3CCC(COC(=O)Cc4ccccc4)O3)ccc12. The molecule has 1 N–H and O–H groups in total. The fourth-order valence-corrected chi connectivity index (χ4v) is 3.87. The molecule has 2 unspecified atom stereocenters. The smallest absolute Gasteiger partial charge is 0.310 e. The molecule has 1 saturated heterocycles. The molecule has 0 aliphatic carbocycles. The van der Waals surface area contributed by atoms with Gasteiger partial charge in [0.15, 0.2) is 5.82 Å². The Morgan fingerprint density at radius 2 is 2.03 bits per heavy atom. The Morgan fingerprint density at radius 1 is 1.19 bits per heavy atom. The van der Waals surface area contributed by atoms with Crippen LogP contribution in [0, 0.1) is 0 Å². The lowest BCUT2D eigenvalue weighted by atomic mass is 10.1. The number of aromatic nitrogens is 3. The molecular weight excluding hydrogens is 408 g/mol. The first kappa shape index (κ1) is 22.0. The Kier molecular flexibility index (Phi) is 7.11. The Balaban J connectivity index is 1.34. The Bertz CT molecular complexity index is 1070. The van der Waals surface area contributed by atoms with E-state index in [1.165, 1.54) is 6.33 Å². The number of esters is 1. The summed E-state index contributed by atoms with van der Waals surface area (Å²) in [7, 11) is 0. The lowest BCUT2D eigenvalue weighted by Crippen LogP contribution is -2.19. The highest BCUT2D eigenvalue weighted by Crippen LogP contribution is 2.34. The Hall–Kier alpha value is -3.26. The molecule has 1 aliphatic heterocycles. The highest BCUT2D eigenvalue weighted by molar-refractivity contribution is 5.93. The third-order valence-electron chi connectivity index (χ3n) is 5.56. The van der Waals surface area contributed by atoms with E-state index in [0.29, 0.717) is 12.2 Å². The second-order valence-electron chi connectivity index (χ2n) is 7.99. The van der Waals surface area contributed by atoms with Crippen LogP contribution < -0.4 is 5.32 Å². The zero-order valence-electron chi connectivity index (χ0n) is 18.2. The lowest BCUT2D eigenvalue weighted by molar-refractivity contribution is -0.146. The number of nitrogens with zero attached hydrogens (tertiary/aromatic N) is 3. The predicted octanol–water partition coefficient (Wildman–Crippen LogP) is 3.86. The molecule has 8 nitrogen and oxygen atoms in total. The van der Waals surface area contributed by atoms with Crippen LogP contribution in [0.4, 0.5) is 5.82 Å². The first-order chi connectivity index (χ1) is 15.6. The van der Waals surface area contributed by atoms with Crippen LogP contribution in [0.5, 0.6) is 0 Å². The number of carbonyl (C=O) groups excluding carboxylic acids is 2. The quantitative estimate of drug-likeness (QED) is 0.512. The summed E-state index contributed by atoms with van der Waals surface area (Å²) in [4.78, 5) is 28.5. The van der Waals surface area contributed by atoms with Gasteiger partial charge in [-0.05, 0) is 37.0 Å². The van der Waals surface area contributed by atoms with Gasteiger partial charge in [0.2, 0.25) is 5.91 Å². The topological polar surface area (TPSA) is 94.8 Å². The van der Waals surface area contributed by atoms with Crippen molar-refractivity contribution in [3.8, 4) is 0 Å². The van der Waals surface area contributed by atoms with Crippen molar-refractivity contribution in [2.75, 3.05) is 11.9 Å². The minimum Gasteiger partial charge on any atom is -0.463 e. The molecule has 0 radical (unpaired) electrons. The number of amides is 1. The summed E-state index contributed by atoms with van der Waals surface area (Å²) in [5.74, 6) is 0.189. The number of hydrogen-bond donors (Lipinski definition) is 1. The molecular formula is C24H28N4O4. The number of unbranched alkanes of at least 4 members (excludes halogenated alkanes) is 1. The molecule has 1 fully saturated rings. The Morgan fingerprint density at radius 3 is 2.84 bits per heavy atom. The van der Waals surface area contributed by atoms with Crippen LogP contribution in [-0.2, 0) is 25.5 Å². The van der Waals surface area contributed by atoms with Crippen LogP contribution in [-0.4, -0.2) is 39.2 Å². The predicted molar refractivity (Wildman–Crippen MR) is 119 cm³/mol. The highest BCUT2D eigenvalue weighted by atomic mass is 16.6. The summed E-state index contributed by atoms with van der Waals surface area (Å²) in [6.45, 7) is 2.29. The second kappa shape index (κ2) is 10.4. The molecule has 2 atom stereocenters. The van der Waals surface area contributed by atoms with E-state index in [4.69, 9.17) is 9.47 Å². The molecule has 2 aromatic heterocycles. The molecule has 0 bridgehead atoms. The first-order valence-electron chi connectivity index (χ1n) is 11.1. The third kappa shape index (κ3) is 5.31. The molecule has 1 amide bonds. The lowest BCUT2D eigenvalue weighted by Gasteiger charge is -2.14. The molecule has 1 aliphatic rings. The van der Waals surface area contributed by atoms with E-state index in [0.717, 1.165) is 42.5 Å². The number of benzene rings is 1. The number of fused-ring (bicyclic) bond motifs is 1. The summed E-state index contributed by atoms with van der Waals surface area (Å²) < 4.78 is 13.3. The van der Waals surface area contributed by atoms with Gasteiger partial charge in [0.05, 0.1) is 18.2 Å². The average molecular weight is 437 g/mol. The van der Waals surface area contributed by atoms with Crippen molar-refractivity contribution in [1.29, 1.82) is 0 Å². The van der Waals surface area contributed by atoms with Gasteiger partial charge in [-0.15, -0.1) is 0 Å². The Labute approximate surface area is 186 Å². The highest BCUT2D eigenvalue weighted by Gasteiger charge is 2.30. The van der Waals surface area contributed by atoms with Crippen molar-refractivity contribution < 1.29 is 19.1 Å². The fourth-order valence-electron chi connectivity index (χ4n) is 3.87. The summed E-state index contributed by atoms with van der Waals surface area (Å²) in [5, 5.41) is 7.23. The van der Waals surface area contributed by atoms with E-state index in [2.05, 4.69) is 22.3 Å². The minimum absolute atomic E-state index is 0.0512. The average Bonchev–Trinajstić information content (AvgIpc) is 3.44. The molecule has 0 spiro atoms. The molecule has 3 heterocycles. The number of carbonyl (C=O) groups is 2. The van der Waals surface area contributed by atoms with Gasteiger partial charge in [0.25, 0.3) is 0 Å². The van der Waals surface area contributed by atoms with Crippen molar-refractivity contribution in [2.24, 2.45) is 0 Å². The van der Waals surface area contributed by atoms with Crippen LogP contribution in [0.25, 0.3) is 5.52 Å². The standard InChI is InChI=1S/C24H28N4O4/c1-2-3-9-22(29)27-24-20-12-11-19(28(20)26-16-25-24)21-13-10-18(32-21)15-31-23(30)14-17-7-5-4-6-8-17/h4-8,11-12,16,18,21H,2-3,9-10,13-15H2,1H3,(H,25,26,27,29). The number of anilines is 1. The summed E-state index contributed by atoms with van der Waals surface area (Å²) in [6, 6.07) is 13.4. The van der Waals surface area contributed by atoms with Crippen molar-refractivity contribution in [3.63, 3.8) is 0 Å². The van der Waals surface area contributed by atoms with Gasteiger partial charge in [-0.2, -0.15) is 5.10 Å². The van der Waals surface area contributed by atoms with E-state index in [9.17, 15) is 9.59 Å². The molecule has 4 rings (SSSR count). The van der Waals surface area contributed by atoms with Crippen LogP contribution in [0.2, 0.25) is 0 Å². The first-order valence-corrected chi connectivity index (χ1v) is 11.1. The maximum Gasteiger partial charge on any atom is 0.310 e. The van der Waals surface area contributed by atoms with Crippen molar-refractivity contribution in [1.82, 2.24) is 14.6 Å². The zero-order chi connectivity index (χ0) is 22.3. The summed E-state index contributed by atoms with van der Waals surface area (Å²) >= 11 is 0. The van der Waals surface area contributed by atoms with Gasteiger partial charge in [-0.25, -0.2) is 9.50 Å². The second-order valence-corrected chi connectivity index (χ2v) is 7.99. The van der Waals surface area contributed by atoms with Gasteiger partial charge >= 0.3 is 5.97 Å². The number of hydrogen-bond acceptors (Lipinski definition) is 6. The third-order valence-corrected chi connectivity index (χ3v) is 5.56. The van der Waals surface area contributed by atoms with Crippen LogP contribution in [0.3, 0.4) is 0 Å². The van der Waals surface area contributed by atoms with E-state index >= 15 is 0 Å². The molecule has 0 saturated carbocycles. The van der Waals surface area contributed by atoms with E-state index < -0.39 is 0 Å². The monoisotopic (exact) mass is 436 g/mol. The van der Waals surface area contributed by atoms with Gasteiger partial charge in [-0.1, -0.05) is 43.7 Å². The number of nitrogens with one attached hydrogen (secondary N) is 1. The van der Waals surface area contributed by atoms with Crippen molar-refractivity contribution in [3.05, 3.63) is 60.0 Å². The normalized spacial score (nSPS) is 18.0. The molecule has 168 valence electrons. The van der Waals surface area contributed by atoms with Crippen molar-refractivity contribution in [2.45, 2.75) is 57.7 Å². The van der Waals surface area contributed by atoms with E-state index in [1.54, 1.807) is 4.52 Å². The van der Waals surface area contributed by atoms with Gasteiger partial charge in [0.1, 0.15) is 24.6 Å². The van der Waals surface area contributed by atoms with Crippen LogP contribution in [0.1, 0.15) is 56.4 Å². The van der Waals surface area contributed by atoms with E-state index in [-0.39, 0.29) is 37.1 Å². The molecule has 1 aromatic carbocycles. The summed E-state index contributed by atoms with van der Waals surface area (Å²) in [5.41, 5.74) is 2.55. The number of ether oxygens (including phenoxy) is 2.